The summed E-state index contributed by atoms with van der Waals surface area (Å²) >= 11 is 0. The molecule has 0 unspecified atom stereocenters. The van der Waals surface area contributed by atoms with Crippen LogP contribution in [0.25, 0.3) is 0 Å². The van der Waals surface area contributed by atoms with Crippen molar-refractivity contribution in [1.82, 2.24) is 5.32 Å². The summed E-state index contributed by atoms with van der Waals surface area (Å²) in [5.74, 6) is -0.675. The van der Waals surface area contributed by atoms with Crippen LogP contribution < -0.4 is 15.4 Å². The summed E-state index contributed by atoms with van der Waals surface area (Å²) in [4.78, 5) is 53.2. The van der Waals surface area contributed by atoms with Gasteiger partial charge in [-0.15, -0.1) is 4.99 Å². The normalized spacial score (nSPS) is 11.7. The topological polar surface area (TPSA) is 142 Å². The van der Waals surface area contributed by atoms with Crippen LogP contribution in [0.3, 0.4) is 0 Å². The SMILES string of the molecule is CC(C)(C)OC(=O)/N=C(\NC(=O)OC(C)(C)C)Nc1ccc(C(=O)Oc2ccc(CCCC(=O)OCc3ccccc3)cc2)cc1. The molecule has 0 radical (unpaired) electrons. The fourth-order valence-corrected chi connectivity index (χ4v) is 3.83. The Labute approximate surface area is 269 Å². The lowest BCUT2D eigenvalue weighted by Crippen LogP contribution is -2.40. The second-order valence-corrected chi connectivity index (χ2v) is 12.3. The average molecular weight is 632 g/mol. The molecule has 3 aromatic carbocycles. The van der Waals surface area contributed by atoms with Crippen molar-refractivity contribution < 1.29 is 38.1 Å². The van der Waals surface area contributed by atoms with Crippen LogP contribution in [0.2, 0.25) is 0 Å². The highest BCUT2D eigenvalue weighted by Crippen LogP contribution is 2.18. The van der Waals surface area contributed by atoms with E-state index in [1.54, 1.807) is 65.8 Å². The van der Waals surface area contributed by atoms with Crippen molar-refractivity contribution >= 4 is 35.8 Å². The molecular weight excluding hydrogens is 590 g/mol. The van der Waals surface area contributed by atoms with E-state index in [9.17, 15) is 19.2 Å². The van der Waals surface area contributed by atoms with E-state index in [2.05, 4.69) is 15.6 Å². The molecule has 0 spiro atoms. The maximum Gasteiger partial charge on any atom is 0.437 e. The number of alkyl carbamates (subject to hydrolysis) is 1. The molecular formula is C35H41N3O8. The number of hydrogen-bond donors (Lipinski definition) is 2. The van der Waals surface area contributed by atoms with E-state index >= 15 is 0 Å². The van der Waals surface area contributed by atoms with Gasteiger partial charge in [0.1, 0.15) is 23.6 Å². The molecule has 11 nitrogen and oxygen atoms in total. The Morgan fingerprint density at radius 3 is 1.98 bits per heavy atom. The Kier molecular flexibility index (Phi) is 12.4. The molecule has 0 heterocycles. The van der Waals surface area contributed by atoms with Gasteiger partial charge >= 0.3 is 24.1 Å². The smallest absolute Gasteiger partial charge is 0.437 e. The van der Waals surface area contributed by atoms with E-state index in [0.717, 1.165) is 11.1 Å². The van der Waals surface area contributed by atoms with Crippen molar-refractivity contribution in [3.63, 3.8) is 0 Å². The van der Waals surface area contributed by atoms with Gasteiger partial charge in [0.05, 0.1) is 5.56 Å². The van der Waals surface area contributed by atoms with Crippen molar-refractivity contribution in [1.29, 1.82) is 0 Å². The second kappa shape index (κ2) is 16.2. The van der Waals surface area contributed by atoms with Crippen molar-refractivity contribution in [2.75, 3.05) is 5.32 Å². The minimum Gasteiger partial charge on any atom is -0.461 e. The number of guanidine groups is 1. The highest BCUT2D eigenvalue weighted by atomic mass is 16.6. The van der Waals surface area contributed by atoms with Gasteiger partial charge in [0.15, 0.2) is 0 Å². The van der Waals surface area contributed by atoms with Crippen LogP contribution in [0.1, 0.15) is 75.9 Å². The minimum absolute atomic E-state index is 0.219. The fourth-order valence-electron chi connectivity index (χ4n) is 3.83. The van der Waals surface area contributed by atoms with Crippen molar-refractivity contribution in [2.45, 2.75) is 78.6 Å². The molecule has 3 rings (SSSR count). The first-order valence-corrected chi connectivity index (χ1v) is 14.8. The number of esters is 2. The van der Waals surface area contributed by atoms with Gasteiger partial charge in [0, 0.05) is 12.1 Å². The number of benzene rings is 3. The average Bonchev–Trinajstić information content (AvgIpc) is 2.96. The van der Waals surface area contributed by atoms with Crippen molar-refractivity contribution in [3.8, 4) is 5.75 Å². The van der Waals surface area contributed by atoms with Gasteiger partial charge in [-0.05, 0) is 102 Å². The zero-order valence-corrected chi connectivity index (χ0v) is 27.0. The van der Waals surface area contributed by atoms with Crippen LogP contribution in [0.15, 0.2) is 83.9 Å². The number of amides is 2. The van der Waals surface area contributed by atoms with Crippen LogP contribution in [0.5, 0.6) is 5.75 Å². The number of ether oxygens (including phenoxy) is 4. The maximum absolute atomic E-state index is 12.7. The van der Waals surface area contributed by atoms with Crippen LogP contribution in [-0.4, -0.2) is 41.3 Å². The molecule has 2 N–H and O–H groups in total. The van der Waals surface area contributed by atoms with Crippen molar-refractivity contribution in [3.05, 3.63) is 95.6 Å². The van der Waals surface area contributed by atoms with Crippen LogP contribution >= 0.6 is 0 Å². The van der Waals surface area contributed by atoms with Gasteiger partial charge in [-0.25, -0.2) is 14.4 Å². The summed E-state index contributed by atoms with van der Waals surface area (Å²) in [6.45, 7) is 10.4. The number of rotatable bonds is 9. The number of nitrogens with zero attached hydrogens (tertiary/aromatic N) is 1. The lowest BCUT2D eigenvalue weighted by molar-refractivity contribution is -0.145. The Balaban J connectivity index is 1.52. The molecule has 11 heteroatoms. The van der Waals surface area contributed by atoms with Gasteiger partial charge < -0.3 is 24.3 Å². The number of carbonyl (C=O) groups excluding carboxylic acids is 4. The van der Waals surface area contributed by atoms with E-state index in [1.807, 2.05) is 42.5 Å². The number of hydrogen-bond acceptors (Lipinski definition) is 8. The summed E-state index contributed by atoms with van der Waals surface area (Å²) < 4.78 is 21.3. The molecule has 0 aliphatic heterocycles. The standard InChI is InChI=1S/C35H41N3O8/c1-34(2,3)45-32(41)37-31(38-33(42)46-35(4,5)6)36-27-19-17-26(18-20-27)30(40)44-28-21-15-24(16-22-28)13-10-14-29(39)43-23-25-11-8-7-9-12-25/h7-9,11-12,15-22H,10,13-14,23H2,1-6H3,(H2,36,37,38,41,42). The van der Waals surface area contributed by atoms with Crippen LogP contribution in [0, 0.1) is 0 Å². The number of aryl methyl sites for hydroxylation is 1. The molecule has 0 atom stereocenters. The zero-order chi connectivity index (χ0) is 33.7. The number of nitrogens with one attached hydrogen (secondary N) is 2. The third kappa shape index (κ3) is 13.6. The van der Waals surface area contributed by atoms with Crippen LogP contribution in [0.4, 0.5) is 15.3 Å². The van der Waals surface area contributed by atoms with Gasteiger partial charge in [-0.1, -0.05) is 42.5 Å². The first-order valence-electron chi connectivity index (χ1n) is 14.8. The monoisotopic (exact) mass is 631 g/mol. The van der Waals surface area contributed by atoms with E-state index in [4.69, 9.17) is 18.9 Å². The fraction of sp³-hybridized carbons (Fsp3) is 0.343. The lowest BCUT2D eigenvalue weighted by Gasteiger charge is -2.21. The molecule has 0 saturated carbocycles. The Morgan fingerprint density at radius 2 is 1.37 bits per heavy atom. The molecule has 2 amide bonds. The van der Waals surface area contributed by atoms with Crippen molar-refractivity contribution in [2.24, 2.45) is 4.99 Å². The molecule has 0 bridgehead atoms. The molecule has 46 heavy (non-hydrogen) atoms. The molecule has 0 aliphatic rings. The third-order valence-electron chi connectivity index (χ3n) is 5.82. The third-order valence-corrected chi connectivity index (χ3v) is 5.82. The summed E-state index contributed by atoms with van der Waals surface area (Å²) in [6, 6.07) is 22.8. The molecule has 3 aromatic rings. The predicted octanol–water partition coefficient (Wildman–Crippen LogP) is 7.20. The van der Waals surface area contributed by atoms with Gasteiger partial charge in [0.2, 0.25) is 5.96 Å². The first kappa shape index (κ1) is 35.3. The maximum atomic E-state index is 12.7. The summed E-state index contributed by atoms with van der Waals surface area (Å²) in [5, 5.41) is 5.23. The second-order valence-electron chi connectivity index (χ2n) is 12.3. The summed E-state index contributed by atoms with van der Waals surface area (Å²) in [7, 11) is 0. The van der Waals surface area contributed by atoms with E-state index in [-0.39, 0.29) is 24.1 Å². The highest BCUT2D eigenvalue weighted by molar-refractivity contribution is 6.06. The summed E-state index contributed by atoms with van der Waals surface area (Å²) in [5.41, 5.74) is 1.06. The first-order chi connectivity index (χ1) is 21.6. The quantitative estimate of drug-likeness (QED) is 0.0824. The number of carbonyl (C=O) groups is 4. The highest BCUT2D eigenvalue weighted by Gasteiger charge is 2.21. The number of anilines is 1. The Hall–Kier alpha value is -5.19. The van der Waals surface area contributed by atoms with E-state index < -0.39 is 29.4 Å². The predicted molar refractivity (Wildman–Crippen MR) is 174 cm³/mol. The van der Waals surface area contributed by atoms with Gasteiger partial charge in [0.25, 0.3) is 0 Å². The molecule has 0 aliphatic carbocycles. The molecule has 244 valence electrons. The van der Waals surface area contributed by atoms with Gasteiger partial charge in [-0.3, -0.25) is 10.1 Å². The zero-order valence-electron chi connectivity index (χ0n) is 27.0. The van der Waals surface area contributed by atoms with Gasteiger partial charge in [-0.2, -0.15) is 0 Å². The van der Waals surface area contributed by atoms with Crippen LogP contribution in [-0.2, 0) is 32.0 Å². The largest absolute Gasteiger partial charge is 0.461 e. The summed E-state index contributed by atoms with van der Waals surface area (Å²) in [6.07, 6.45) is -0.135. The van der Waals surface area contributed by atoms with E-state index in [0.29, 0.717) is 30.7 Å². The molecule has 0 aromatic heterocycles. The Bertz CT molecular complexity index is 1500. The molecule has 0 saturated heterocycles. The van der Waals surface area contributed by atoms with E-state index in [1.165, 1.54) is 12.1 Å². The Morgan fingerprint density at radius 1 is 0.739 bits per heavy atom. The number of aliphatic imine (C=N–C) groups is 1. The lowest BCUT2D eigenvalue weighted by atomic mass is 10.1. The minimum atomic E-state index is -0.918. The molecule has 0 fully saturated rings.